The fraction of sp³-hybridized carbons (Fsp3) is 0.500. The number of rotatable bonds is 7. The maximum absolute atomic E-state index is 12.2. The average molecular weight is 340 g/mol. The lowest BCUT2D eigenvalue weighted by Crippen LogP contribution is -2.48. The van der Waals surface area contributed by atoms with Crippen molar-refractivity contribution in [1.29, 1.82) is 0 Å². The second-order valence-electron chi connectivity index (χ2n) is 6.91. The number of piperidine rings is 1. The summed E-state index contributed by atoms with van der Waals surface area (Å²) >= 11 is 0. The van der Waals surface area contributed by atoms with Crippen molar-refractivity contribution in [3.05, 3.63) is 53.9 Å². The number of carbonyl (C=O) groups excluding carboxylic acids is 1. The molecule has 1 fully saturated rings. The zero-order valence-corrected chi connectivity index (χ0v) is 15.0. The van der Waals surface area contributed by atoms with Crippen molar-refractivity contribution in [3.63, 3.8) is 0 Å². The van der Waals surface area contributed by atoms with E-state index in [1.807, 2.05) is 23.9 Å². The van der Waals surface area contributed by atoms with Crippen LogP contribution in [0.3, 0.4) is 0 Å². The van der Waals surface area contributed by atoms with Crippen LogP contribution in [0.25, 0.3) is 0 Å². The van der Waals surface area contributed by atoms with E-state index in [4.69, 9.17) is 0 Å². The molecule has 1 aliphatic rings. The SMILES string of the molecule is Cc1ccn(CCC(=O)NC2CCCN(CCc3ccccc3)C2)n1. The monoisotopic (exact) mass is 340 g/mol. The first-order chi connectivity index (χ1) is 12.2. The van der Waals surface area contributed by atoms with Crippen LogP contribution in [0.1, 0.15) is 30.5 Å². The fourth-order valence-corrected chi connectivity index (χ4v) is 3.41. The number of aryl methyl sites for hydroxylation is 2. The maximum Gasteiger partial charge on any atom is 0.222 e. The standard InChI is InChI=1S/C20H28N4O/c1-17-9-14-24(22-17)15-11-20(25)21-19-8-5-12-23(16-19)13-10-18-6-3-2-4-7-18/h2-4,6-7,9,14,19H,5,8,10-13,15-16H2,1H3,(H,21,25). The van der Waals surface area contributed by atoms with Crippen molar-refractivity contribution in [2.75, 3.05) is 19.6 Å². The van der Waals surface area contributed by atoms with E-state index in [9.17, 15) is 4.79 Å². The smallest absolute Gasteiger partial charge is 0.222 e. The van der Waals surface area contributed by atoms with Crippen LogP contribution >= 0.6 is 0 Å². The molecule has 1 amide bonds. The first-order valence-corrected chi connectivity index (χ1v) is 9.25. The van der Waals surface area contributed by atoms with Crippen LogP contribution < -0.4 is 5.32 Å². The van der Waals surface area contributed by atoms with Gasteiger partial charge in [0.2, 0.25) is 5.91 Å². The van der Waals surface area contributed by atoms with Gasteiger partial charge in [0.05, 0.1) is 5.69 Å². The highest BCUT2D eigenvalue weighted by molar-refractivity contribution is 5.76. The van der Waals surface area contributed by atoms with E-state index in [-0.39, 0.29) is 11.9 Å². The van der Waals surface area contributed by atoms with Crippen molar-refractivity contribution >= 4 is 5.91 Å². The summed E-state index contributed by atoms with van der Waals surface area (Å²) in [4.78, 5) is 14.7. The molecule has 0 bridgehead atoms. The first kappa shape index (κ1) is 17.7. The molecule has 2 heterocycles. The van der Waals surface area contributed by atoms with Gasteiger partial charge in [0.1, 0.15) is 0 Å². The Morgan fingerprint density at radius 1 is 1.24 bits per heavy atom. The second-order valence-corrected chi connectivity index (χ2v) is 6.91. The summed E-state index contributed by atoms with van der Waals surface area (Å²) in [7, 11) is 0. The molecule has 0 spiro atoms. The highest BCUT2D eigenvalue weighted by Crippen LogP contribution is 2.11. The number of likely N-dealkylation sites (tertiary alicyclic amines) is 1. The highest BCUT2D eigenvalue weighted by atomic mass is 16.1. The molecule has 134 valence electrons. The lowest BCUT2D eigenvalue weighted by molar-refractivity contribution is -0.122. The Morgan fingerprint density at radius 3 is 2.84 bits per heavy atom. The van der Waals surface area contributed by atoms with Gasteiger partial charge in [-0.25, -0.2) is 0 Å². The molecule has 25 heavy (non-hydrogen) atoms. The number of nitrogens with one attached hydrogen (secondary N) is 1. The first-order valence-electron chi connectivity index (χ1n) is 9.25. The zero-order valence-electron chi connectivity index (χ0n) is 15.0. The minimum Gasteiger partial charge on any atom is -0.352 e. The van der Waals surface area contributed by atoms with Gasteiger partial charge in [0.25, 0.3) is 0 Å². The lowest BCUT2D eigenvalue weighted by atomic mass is 10.0. The van der Waals surface area contributed by atoms with Gasteiger partial charge in [0.15, 0.2) is 0 Å². The number of hydrogen-bond acceptors (Lipinski definition) is 3. The van der Waals surface area contributed by atoms with E-state index in [1.54, 1.807) is 0 Å². The van der Waals surface area contributed by atoms with E-state index >= 15 is 0 Å². The molecule has 5 heteroatoms. The van der Waals surface area contributed by atoms with Crippen molar-refractivity contribution < 1.29 is 4.79 Å². The van der Waals surface area contributed by atoms with Gasteiger partial charge < -0.3 is 10.2 Å². The molecule has 1 aliphatic heterocycles. The Bertz CT molecular complexity index is 667. The zero-order chi connectivity index (χ0) is 17.5. The second kappa shape index (κ2) is 8.81. The van der Waals surface area contributed by atoms with Gasteiger partial charge >= 0.3 is 0 Å². The van der Waals surface area contributed by atoms with Crippen LogP contribution in [0.15, 0.2) is 42.6 Å². The largest absolute Gasteiger partial charge is 0.352 e. The van der Waals surface area contributed by atoms with E-state index in [0.29, 0.717) is 13.0 Å². The minimum absolute atomic E-state index is 0.128. The molecule has 3 rings (SSSR count). The van der Waals surface area contributed by atoms with Gasteiger partial charge in [-0.15, -0.1) is 0 Å². The molecule has 1 N–H and O–H groups in total. The summed E-state index contributed by atoms with van der Waals surface area (Å²) in [5.41, 5.74) is 2.37. The third-order valence-electron chi connectivity index (χ3n) is 4.77. The Kier molecular flexibility index (Phi) is 6.23. The fourth-order valence-electron chi connectivity index (χ4n) is 3.41. The number of benzene rings is 1. The van der Waals surface area contributed by atoms with Gasteiger partial charge in [-0.3, -0.25) is 9.48 Å². The van der Waals surface area contributed by atoms with Crippen LogP contribution in [-0.2, 0) is 17.8 Å². The molecule has 1 aromatic heterocycles. The van der Waals surface area contributed by atoms with Crippen LogP contribution in [0.4, 0.5) is 0 Å². The normalized spacial score (nSPS) is 18.2. The van der Waals surface area contributed by atoms with E-state index in [2.05, 4.69) is 45.6 Å². The number of hydrogen-bond donors (Lipinski definition) is 1. The van der Waals surface area contributed by atoms with Crippen molar-refractivity contribution in [1.82, 2.24) is 20.0 Å². The summed E-state index contributed by atoms with van der Waals surface area (Å²) in [6.45, 7) is 5.75. The van der Waals surface area contributed by atoms with E-state index < -0.39 is 0 Å². The quantitative estimate of drug-likeness (QED) is 0.842. The Balaban J connectivity index is 1.39. The number of carbonyl (C=O) groups is 1. The lowest BCUT2D eigenvalue weighted by Gasteiger charge is -2.33. The summed E-state index contributed by atoms with van der Waals surface area (Å²) in [6, 6.07) is 12.8. The van der Waals surface area contributed by atoms with Crippen molar-refractivity contribution in [3.8, 4) is 0 Å². The van der Waals surface area contributed by atoms with Gasteiger partial charge in [-0.2, -0.15) is 5.10 Å². The molecule has 5 nitrogen and oxygen atoms in total. The van der Waals surface area contributed by atoms with Gasteiger partial charge in [-0.05, 0) is 44.4 Å². The molecular weight excluding hydrogens is 312 g/mol. The minimum atomic E-state index is 0.128. The number of amides is 1. The summed E-state index contributed by atoms with van der Waals surface area (Å²) in [5, 5.41) is 7.53. The van der Waals surface area contributed by atoms with Crippen LogP contribution in [0.2, 0.25) is 0 Å². The number of nitrogens with zero attached hydrogens (tertiary/aromatic N) is 3. The third kappa shape index (κ3) is 5.71. The molecule has 0 aliphatic carbocycles. The molecular formula is C20H28N4O. The van der Waals surface area contributed by atoms with Gasteiger partial charge in [0, 0.05) is 38.3 Å². The van der Waals surface area contributed by atoms with Crippen LogP contribution in [0.5, 0.6) is 0 Å². The van der Waals surface area contributed by atoms with Gasteiger partial charge in [-0.1, -0.05) is 30.3 Å². The Labute approximate surface area is 150 Å². The Hall–Kier alpha value is -2.14. The predicted molar refractivity (Wildman–Crippen MR) is 99.3 cm³/mol. The summed E-state index contributed by atoms with van der Waals surface area (Å²) in [6.07, 6.45) is 5.71. The van der Waals surface area contributed by atoms with E-state index in [0.717, 1.165) is 44.6 Å². The number of aromatic nitrogens is 2. The molecule has 0 saturated carbocycles. The third-order valence-corrected chi connectivity index (χ3v) is 4.77. The molecule has 1 atom stereocenters. The molecule has 1 aromatic carbocycles. The van der Waals surface area contributed by atoms with Crippen molar-refractivity contribution in [2.45, 2.75) is 45.2 Å². The summed E-state index contributed by atoms with van der Waals surface area (Å²) < 4.78 is 1.84. The molecule has 2 aromatic rings. The van der Waals surface area contributed by atoms with Crippen LogP contribution in [-0.4, -0.2) is 46.3 Å². The van der Waals surface area contributed by atoms with Crippen molar-refractivity contribution in [2.24, 2.45) is 0 Å². The molecule has 1 unspecified atom stereocenters. The molecule has 1 saturated heterocycles. The predicted octanol–water partition coefficient (Wildman–Crippen LogP) is 2.40. The van der Waals surface area contributed by atoms with E-state index in [1.165, 1.54) is 5.56 Å². The maximum atomic E-state index is 12.2. The average Bonchev–Trinajstić information content (AvgIpc) is 3.05. The molecule has 0 radical (unpaired) electrons. The Morgan fingerprint density at radius 2 is 2.08 bits per heavy atom. The topological polar surface area (TPSA) is 50.2 Å². The summed E-state index contributed by atoms with van der Waals surface area (Å²) in [5.74, 6) is 0.128. The highest BCUT2D eigenvalue weighted by Gasteiger charge is 2.21. The van der Waals surface area contributed by atoms with Crippen LogP contribution in [0, 0.1) is 6.92 Å².